The molecule has 1 aliphatic rings. The smallest absolute Gasteiger partial charge is 0.322 e. The van der Waals surface area contributed by atoms with E-state index < -0.39 is 0 Å². The Bertz CT molecular complexity index is 766. The highest BCUT2D eigenvalue weighted by atomic mass is 35.5. The second kappa shape index (κ2) is 6.52. The maximum Gasteiger partial charge on any atom is 0.322 e. The molecule has 3 rings (SSSR count). The number of carbonyl (C=O) groups excluding carboxylic acids is 1. The van der Waals surface area contributed by atoms with Gasteiger partial charge in [0.15, 0.2) is 0 Å². The number of urea groups is 1. The van der Waals surface area contributed by atoms with Gasteiger partial charge in [0, 0.05) is 35.2 Å². The molecular weight excluding hydrogens is 322 g/mol. The van der Waals surface area contributed by atoms with Crippen LogP contribution in [0.1, 0.15) is 36.8 Å². The molecule has 0 saturated heterocycles. The number of rotatable bonds is 2. The van der Waals surface area contributed by atoms with Crippen LogP contribution in [0.25, 0.3) is 0 Å². The number of carbonyl (C=O) groups is 1. The van der Waals surface area contributed by atoms with Crippen molar-refractivity contribution in [1.82, 2.24) is 9.47 Å². The van der Waals surface area contributed by atoms with Gasteiger partial charge in [-0.05, 0) is 49.6 Å². The van der Waals surface area contributed by atoms with E-state index in [-0.39, 0.29) is 12.1 Å². The third kappa shape index (κ3) is 3.03. The van der Waals surface area contributed by atoms with Crippen LogP contribution in [0.3, 0.4) is 0 Å². The van der Waals surface area contributed by atoms with Crippen LogP contribution in [0.4, 0.5) is 10.5 Å². The van der Waals surface area contributed by atoms with Crippen molar-refractivity contribution in [2.24, 2.45) is 5.92 Å². The van der Waals surface area contributed by atoms with E-state index in [1.165, 1.54) is 11.4 Å². The molecule has 4 nitrogen and oxygen atoms in total. The summed E-state index contributed by atoms with van der Waals surface area (Å²) >= 11 is 6.07. The first kappa shape index (κ1) is 16.9. The number of aromatic nitrogens is 1. The average molecular weight is 346 g/mol. The second-order valence-electron chi connectivity index (χ2n) is 6.82. The van der Waals surface area contributed by atoms with E-state index in [1.54, 1.807) is 6.07 Å². The number of halogens is 1. The predicted molar refractivity (Wildman–Crippen MR) is 98.7 cm³/mol. The minimum absolute atomic E-state index is 0.0656. The minimum Gasteiger partial charge on any atom is -0.345 e. The minimum atomic E-state index is -0.0656. The van der Waals surface area contributed by atoms with Crippen molar-refractivity contribution in [3.63, 3.8) is 0 Å². The molecule has 0 spiro atoms. The van der Waals surface area contributed by atoms with Crippen LogP contribution in [0.2, 0.25) is 5.02 Å². The van der Waals surface area contributed by atoms with E-state index in [2.05, 4.69) is 42.8 Å². The van der Waals surface area contributed by atoms with Gasteiger partial charge >= 0.3 is 6.03 Å². The van der Waals surface area contributed by atoms with Crippen LogP contribution in [-0.2, 0) is 6.54 Å². The van der Waals surface area contributed by atoms with Gasteiger partial charge in [-0.25, -0.2) is 4.79 Å². The van der Waals surface area contributed by atoms with Crippen molar-refractivity contribution in [3.8, 4) is 0 Å². The van der Waals surface area contributed by atoms with Crippen LogP contribution in [0.5, 0.6) is 0 Å². The number of nitrogens with zero attached hydrogens (tertiary/aromatic N) is 2. The summed E-state index contributed by atoms with van der Waals surface area (Å²) in [5, 5.41) is 3.66. The molecule has 1 atom stereocenters. The van der Waals surface area contributed by atoms with Gasteiger partial charge in [0.25, 0.3) is 0 Å². The Hall–Kier alpha value is -1.94. The molecule has 0 fully saturated rings. The zero-order chi connectivity index (χ0) is 17.4. The summed E-state index contributed by atoms with van der Waals surface area (Å²) in [6.45, 7) is 9.94. The van der Waals surface area contributed by atoms with Crippen molar-refractivity contribution >= 4 is 23.3 Å². The molecule has 1 unspecified atom stereocenters. The maximum absolute atomic E-state index is 12.9. The molecule has 24 heavy (non-hydrogen) atoms. The number of aryl methyl sites for hydroxylation is 2. The molecule has 0 radical (unpaired) electrons. The molecule has 1 aromatic heterocycles. The van der Waals surface area contributed by atoms with Gasteiger partial charge < -0.3 is 14.8 Å². The molecule has 1 aliphatic heterocycles. The van der Waals surface area contributed by atoms with Crippen molar-refractivity contribution in [1.29, 1.82) is 0 Å². The number of hydrogen-bond donors (Lipinski definition) is 1. The lowest BCUT2D eigenvalue weighted by molar-refractivity contribution is 0.143. The first-order chi connectivity index (χ1) is 11.4. The fourth-order valence-corrected chi connectivity index (χ4v) is 3.68. The van der Waals surface area contributed by atoms with Crippen molar-refractivity contribution in [3.05, 3.63) is 52.3 Å². The third-order valence-electron chi connectivity index (χ3n) is 4.77. The summed E-state index contributed by atoms with van der Waals surface area (Å²) in [6, 6.07) is 9.84. The summed E-state index contributed by atoms with van der Waals surface area (Å²) < 4.78 is 2.32. The van der Waals surface area contributed by atoms with Gasteiger partial charge in [-0.2, -0.15) is 0 Å². The molecule has 2 aromatic rings. The SMILES string of the molecule is Cc1ccc(Cl)cc1NC(=O)N1CCn2c(C)ccc2C1C(C)C. The topological polar surface area (TPSA) is 37.3 Å². The van der Waals surface area contributed by atoms with Crippen molar-refractivity contribution in [2.75, 3.05) is 11.9 Å². The maximum atomic E-state index is 12.9. The predicted octanol–water partition coefficient (Wildman–Crippen LogP) is 5.00. The molecule has 5 heteroatoms. The largest absolute Gasteiger partial charge is 0.345 e. The number of fused-ring (bicyclic) bond motifs is 1. The summed E-state index contributed by atoms with van der Waals surface area (Å²) in [4.78, 5) is 14.9. The number of amides is 2. The third-order valence-corrected chi connectivity index (χ3v) is 5.00. The highest BCUT2D eigenvalue weighted by Gasteiger charge is 2.33. The van der Waals surface area contributed by atoms with Crippen molar-refractivity contribution in [2.45, 2.75) is 40.3 Å². The van der Waals surface area contributed by atoms with Gasteiger partial charge in [-0.3, -0.25) is 0 Å². The molecule has 1 aromatic carbocycles. The Morgan fingerprint density at radius 2 is 1.96 bits per heavy atom. The number of nitrogens with one attached hydrogen (secondary N) is 1. The number of benzene rings is 1. The second-order valence-corrected chi connectivity index (χ2v) is 7.26. The van der Waals surface area contributed by atoms with E-state index in [0.29, 0.717) is 17.5 Å². The fraction of sp³-hybridized carbons (Fsp3) is 0.421. The first-order valence-corrected chi connectivity index (χ1v) is 8.76. The standard InChI is InChI=1S/C19H24ClN3O/c1-12(2)18-17-8-6-14(4)22(17)9-10-23(18)19(24)21-16-11-15(20)7-5-13(16)3/h5-8,11-12,18H,9-10H2,1-4H3,(H,21,24). The van der Waals surface area contributed by atoms with E-state index in [9.17, 15) is 4.79 Å². The number of hydrogen-bond acceptors (Lipinski definition) is 1. The van der Waals surface area contributed by atoms with Crippen LogP contribution in [0, 0.1) is 19.8 Å². The molecule has 0 saturated carbocycles. The van der Waals surface area contributed by atoms with Crippen LogP contribution in [-0.4, -0.2) is 22.0 Å². The summed E-state index contributed by atoms with van der Waals surface area (Å²) in [7, 11) is 0. The fourth-order valence-electron chi connectivity index (χ4n) is 3.50. The van der Waals surface area contributed by atoms with Gasteiger partial charge in [-0.15, -0.1) is 0 Å². The van der Waals surface area contributed by atoms with Crippen LogP contribution >= 0.6 is 11.6 Å². The summed E-state index contributed by atoms with van der Waals surface area (Å²) in [6.07, 6.45) is 0. The zero-order valence-electron chi connectivity index (χ0n) is 14.6. The molecule has 0 aliphatic carbocycles. The average Bonchev–Trinajstić information content (AvgIpc) is 2.91. The highest BCUT2D eigenvalue weighted by molar-refractivity contribution is 6.31. The van der Waals surface area contributed by atoms with E-state index in [4.69, 9.17) is 11.6 Å². The Kier molecular flexibility index (Phi) is 4.59. The Morgan fingerprint density at radius 1 is 1.21 bits per heavy atom. The van der Waals surface area contributed by atoms with Crippen molar-refractivity contribution < 1.29 is 4.79 Å². The first-order valence-electron chi connectivity index (χ1n) is 8.38. The van der Waals surface area contributed by atoms with Crippen LogP contribution in [0.15, 0.2) is 30.3 Å². The van der Waals surface area contributed by atoms with E-state index >= 15 is 0 Å². The molecule has 1 N–H and O–H groups in total. The van der Waals surface area contributed by atoms with Crippen LogP contribution < -0.4 is 5.32 Å². The molecule has 2 amide bonds. The van der Waals surface area contributed by atoms with Gasteiger partial charge in [0.1, 0.15) is 0 Å². The molecule has 0 bridgehead atoms. The zero-order valence-corrected chi connectivity index (χ0v) is 15.4. The lowest BCUT2D eigenvalue weighted by Crippen LogP contribution is -2.46. The van der Waals surface area contributed by atoms with E-state index in [0.717, 1.165) is 17.8 Å². The summed E-state index contributed by atoms with van der Waals surface area (Å²) in [5.41, 5.74) is 4.24. The summed E-state index contributed by atoms with van der Waals surface area (Å²) in [5.74, 6) is 0.338. The quantitative estimate of drug-likeness (QED) is 0.816. The lowest BCUT2D eigenvalue weighted by Gasteiger charge is -2.39. The molecule has 128 valence electrons. The van der Waals surface area contributed by atoms with Gasteiger partial charge in [-0.1, -0.05) is 31.5 Å². The Balaban J connectivity index is 1.88. The normalized spacial score (nSPS) is 17.1. The Labute approximate surface area is 148 Å². The van der Waals surface area contributed by atoms with E-state index in [1.807, 2.05) is 24.0 Å². The molecule has 2 heterocycles. The lowest BCUT2D eigenvalue weighted by atomic mass is 9.97. The molecular formula is C19H24ClN3O. The highest BCUT2D eigenvalue weighted by Crippen LogP contribution is 2.34. The number of anilines is 1. The Morgan fingerprint density at radius 3 is 2.67 bits per heavy atom. The van der Waals surface area contributed by atoms with Gasteiger partial charge in [0.05, 0.1) is 6.04 Å². The van der Waals surface area contributed by atoms with Gasteiger partial charge in [0.2, 0.25) is 0 Å². The monoisotopic (exact) mass is 345 g/mol.